The second-order valence-corrected chi connectivity index (χ2v) is 4.33. The van der Waals surface area contributed by atoms with Crippen LogP contribution in [0.4, 0.5) is 0 Å². The summed E-state index contributed by atoms with van der Waals surface area (Å²) in [5, 5.41) is 22.1. The summed E-state index contributed by atoms with van der Waals surface area (Å²) in [5.41, 5.74) is 0.618. The topological polar surface area (TPSA) is 69.6 Å². The first kappa shape index (κ1) is 14.7. The number of hydrogen-bond acceptors (Lipinski definition) is 3. The molecule has 1 rings (SSSR count). The molecule has 0 aromatic heterocycles. The number of hydrogen-bond donors (Lipinski definition) is 3. The van der Waals surface area contributed by atoms with Gasteiger partial charge in [-0.2, -0.15) is 0 Å². The molecule has 0 saturated carbocycles. The summed E-state index contributed by atoms with van der Waals surface area (Å²) < 4.78 is 0. The largest absolute Gasteiger partial charge is 0.480 e. The summed E-state index contributed by atoms with van der Waals surface area (Å²) in [5.74, 6) is -1.03. The van der Waals surface area contributed by atoms with Crippen LogP contribution in [0.15, 0.2) is 30.3 Å². The zero-order chi connectivity index (χ0) is 13.4. The maximum absolute atomic E-state index is 11.2. The fourth-order valence-electron chi connectivity index (χ4n) is 1.81. The molecule has 0 bridgehead atoms. The number of rotatable bonds is 8. The van der Waals surface area contributed by atoms with Crippen LogP contribution in [0, 0.1) is 0 Å². The highest BCUT2D eigenvalue weighted by Gasteiger charge is 2.26. The van der Waals surface area contributed by atoms with E-state index >= 15 is 0 Å². The number of aliphatic hydroxyl groups excluding tert-OH is 1. The van der Waals surface area contributed by atoms with Gasteiger partial charge in [-0.05, 0) is 18.5 Å². The Kier molecular flexibility index (Phi) is 6.39. The van der Waals surface area contributed by atoms with Gasteiger partial charge >= 0.3 is 5.97 Å². The SMILES string of the molecule is CCCCCN[C@H](C(=O)O)C(O)c1ccccc1. The van der Waals surface area contributed by atoms with Crippen LogP contribution in [0.1, 0.15) is 37.9 Å². The number of benzene rings is 1. The normalized spacial score (nSPS) is 14.1. The molecule has 1 aromatic carbocycles. The molecule has 4 nitrogen and oxygen atoms in total. The van der Waals surface area contributed by atoms with Gasteiger partial charge < -0.3 is 15.5 Å². The molecular formula is C14H21NO3. The Morgan fingerprint density at radius 1 is 1.28 bits per heavy atom. The lowest BCUT2D eigenvalue weighted by molar-refractivity contribution is -0.142. The summed E-state index contributed by atoms with van der Waals surface area (Å²) in [6, 6.07) is 7.91. The molecule has 100 valence electrons. The van der Waals surface area contributed by atoms with Crippen molar-refractivity contribution in [3.8, 4) is 0 Å². The molecule has 0 aliphatic carbocycles. The fourth-order valence-corrected chi connectivity index (χ4v) is 1.81. The van der Waals surface area contributed by atoms with E-state index in [1.807, 2.05) is 6.07 Å². The Bertz CT molecular complexity index is 353. The Balaban J connectivity index is 2.59. The van der Waals surface area contributed by atoms with Crippen LogP contribution in [-0.4, -0.2) is 28.8 Å². The molecule has 18 heavy (non-hydrogen) atoms. The lowest BCUT2D eigenvalue weighted by Crippen LogP contribution is -2.42. The molecular weight excluding hydrogens is 230 g/mol. The standard InChI is InChI=1S/C14H21NO3/c1-2-3-7-10-15-12(14(17)18)13(16)11-8-5-4-6-9-11/h4-6,8-9,12-13,15-16H,2-3,7,10H2,1H3,(H,17,18)/t12-,13?/m0/s1. The number of carboxylic acid groups (broad SMARTS) is 1. The van der Waals surface area contributed by atoms with E-state index in [0.29, 0.717) is 12.1 Å². The van der Waals surface area contributed by atoms with E-state index in [-0.39, 0.29) is 0 Å². The molecule has 0 fully saturated rings. The van der Waals surface area contributed by atoms with Gasteiger partial charge in [0.15, 0.2) is 0 Å². The van der Waals surface area contributed by atoms with Crippen molar-refractivity contribution in [1.29, 1.82) is 0 Å². The van der Waals surface area contributed by atoms with Crippen LogP contribution >= 0.6 is 0 Å². The van der Waals surface area contributed by atoms with E-state index in [9.17, 15) is 9.90 Å². The Hall–Kier alpha value is -1.39. The van der Waals surface area contributed by atoms with Crippen LogP contribution in [0.3, 0.4) is 0 Å². The number of carboxylic acids is 1. The quantitative estimate of drug-likeness (QED) is 0.618. The maximum Gasteiger partial charge on any atom is 0.323 e. The molecule has 0 saturated heterocycles. The van der Waals surface area contributed by atoms with Crippen LogP contribution in [0.2, 0.25) is 0 Å². The Morgan fingerprint density at radius 2 is 1.94 bits per heavy atom. The minimum atomic E-state index is -1.03. The van der Waals surface area contributed by atoms with Crippen molar-refractivity contribution in [2.45, 2.75) is 38.3 Å². The van der Waals surface area contributed by atoms with Crippen LogP contribution in [0.25, 0.3) is 0 Å². The predicted octanol–water partition coefficient (Wildman–Crippen LogP) is 1.95. The zero-order valence-electron chi connectivity index (χ0n) is 10.7. The molecule has 1 unspecified atom stereocenters. The Morgan fingerprint density at radius 3 is 2.50 bits per heavy atom. The third-order valence-corrected chi connectivity index (χ3v) is 2.87. The summed E-state index contributed by atoms with van der Waals surface area (Å²) >= 11 is 0. The molecule has 0 amide bonds. The average molecular weight is 251 g/mol. The van der Waals surface area contributed by atoms with Crippen molar-refractivity contribution >= 4 is 5.97 Å². The van der Waals surface area contributed by atoms with Crippen molar-refractivity contribution in [3.63, 3.8) is 0 Å². The molecule has 1 aromatic rings. The lowest BCUT2D eigenvalue weighted by Gasteiger charge is -2.20. The number of aliphatic carboxylic acids is 1. The first-order valence-corrected chi connectivity index (χ1v) is 6.36. The van der Waals surface area contributed by atoms with Gasteiger partial charge in [0.2, 0.25) is 0 Å². The second kappa shape index (κ2) is 7.84. The van der Waals surface area contributed by atoms with E-state index in [1.54, 1.807) is 24.3 Å². The Labute approximate surface area is 108 Å². The molecule has 2 atom stereocenters. The van der Waals surface area contributed by atoms with E-state index in [2.05, 4.69) is 12.2 Å². The van der Waals surface area contributed by atoms with Gasteiger partial charge in [-0.1, -0.05) is 50.1 Å². The molecule has 0 spiro atoms. The summed E-state index contributed by atoms with van der Waals surface area (Å²) in [6.45, 7) is 2.70. The third kappa shape index (κ3) is 4.47. The van der Waals surface area contributed by atoms with Crippen LogP contribution < -0.4 is 5.32 Å². The van der Waals surface area contributed by atoms with Crippen LogP contribution in [0.5, 0.6) is 0 Å². The number of carbonyl (C=O) groups is 1. The first-order valence-electron chi connectivity index (χ1n) is 6.36. The van der Waals surface area contributed by atoms with Gasteiger partial charge in [-0.3, -0.25) is 4.79 Å². The highest BCUT2D eigenvalue weighted by Crippen LogP contribution is 2.16. The van der Waals surface area contributed by atoms with Crippen molar-refractivity contribution in [2.75, 3.05) is 6.54 Å². The average Bonchev–Trinajstić information content (AvgIpc) is 2.39. The highest BCUT2D eigenvalue weighted by atomic mass is 16.4. The zero-order valence-corrected chi connectivity index (χ0v) is 10.7. The summed E-state index contributed by atoms with van der Waals surface area (Å²) in [6.07, 6.45) is 2.04. The minimum Gasteiger partial charge on any atom is -0.480 e. The highest BCUT2D eigenvalue weighted by molar-refractivity contribution is 5.74. The van der Waals surface area contributed by atoms with Gasteiger partial charge in [0.1, 0.15) is 12.1 Å². The molecule has 0 aliphatic rings. The van der Waals surface area contributed by atoms with Crippen molar-refractivity contribution in [2.24, 2.45) is 0 Å². The van der Waals surface area contributed by atoms with E-state index in [1.165, 1.54) is 0 Å². The minimum absolute atomic E-state index is 0.606. The molecule has 3 N–H and O–H groups in total. The van der Waals surface area contributed by atoms with E-state index in [0.717, 1.165) is 19.3 Å². The van der Waals surface area contributed by atoms with Gasteiger partial charge in [0.05, 0.1) is 0 Å². The van der Waals surface area contributed by atoms with Gasteiger partial charge in [-0.15, -0.1) is 0 Å². The summed E-state index contributed by atoms with van der Waals surface area (Å²) in [4.78, 5) is 11.2. The molecule has 0 radical (unpaired) electrons. The van der Waals surface area contributed by atoms with Crippen molar-refractivity contribution < 1.29 is 15.0 Å². The van der Waals surface area contributed by atoms with E-state index < -0.39 is 18.1 Å². The maximum atomic E-state index is 11.2. The molecule has 0 heterocycles. The van der Waals surface area contributed by atoms with Gasteiger partial charge in [0, 0.05) is 0 Å². The molecule has 0 aliphatic heterocycles. The number of unbranched alkanes of at least 4 members (excludes halogenated alkanes) is 2. The van der Waals surface area contributed by atoms with Gasteiger partial charge in [0.25, 0.3) is 0 Å². The monoisotopic (exact) mass is 251 g/mol. The van der Waals surface area contributed by atoms with Crippen molar-refractivity contribution in [1.82, 2.24) is 5.32 Å². The summed E-state index contributed by atoms with van der Waals surface area (Å²) in [7, 11) is 0. The number of nitrogens with one attached hydrogen (secondary N) is 1. The van der Waals surface area contributed by atoms with E-state index in [4.69, 9.17) is 5.11 Å². The second-order valence-electron chi connectivity index (χ2n) is 4.33. The lowest BCUT2D eigenvalue weighted by atomic mass is 10.0. The fraction of sp³-hybridized carbons (Fsp3) is 0.500. The first-order chi connectivity index (χ1) is 8.66. The molecule has 4 heteroatoms. The van der Waals surface area contributed by atoms with Crippen molar-refractivity contribution in [3.05, 3.63) is 35.9 Å². The third-order valence-electron chi connectivity index (χ3n) is 2.87. The smallest absolute Gasteiger partial charge is 0.323 e. The van der Waals surface area contributed by atoms with Gasteiger partial charge in [-0.25, -0.2) is 0 Å². The predicted molar refractivity (Wildman–Crippen MR) is 70.4 cm³/mol. The van der Waals surface area contributed by atoms with Crippen LogP contribution in [-0.2, 0) is 4.79 Å². The number of aliphatic hydroxyl groups is 1.